The quantitative estimate of drug-likeness (QED) is 0.227. The lowest BCUT2D eigenvalue weighted by molar-refractivity contribution is 0.0696. The van der Waals surface area contributed by atoms with Crippen LogP contribution in [-0.4, -0.2) is 21.4 Å². The van der Waals surface area contributed by atoms with E-state index in [1.54, 1.807) is 30.3 Å². The number of rotatable bonds is 7. The van der Waals surface area contributed by atoms with Gasteiger partial charge in [0, 0.05) is 23.4 Å². The lowest BCUT2D eigenvalue weighted by Gasteiger charge is -2.11. The Labute approximate surface area is 225 Å². The third kappa shape index (κ3) is 5.41. The number of carboxylic acid groups (broad SMARTS) is 1. The molecule has 0 saturated heterocycles. The van der Waals surface area contributed by atoms with Gasteiger partial charge in [-0.15, -0.1) is 0 Å². The number of fused-ring (bicyclic) bond motifs is 1. The third-order valence-electron chi connectivity index (χ3n) is 6.08. The minimum atomic E-state index is -1.03. The number of carboxylic acids is 1. The Morgan fingerprint density at radius 3 is 2.26 bits per heavy atom. The van der Waals surface area contributed by atoms with E-state index in [1.165, 1.54) is 29.7 Å². The number of benzene rings is 4. The number of aromatic carboxylic acids is 1. The Hall–Kier alpha value is -4.14. The van der Waals surface area contributed by atoms with Gasteiger partial charge in [-0.25, -0.2) is 13.6 Å². The zero-order valence-corrected chi connectivity index (χ0v) is 21.2. The van der Waals surface area contributed by atoms with E-state index in [0.29, 0.717) is 39.2 Å². The van der Waals surface area contributed by atoms with Gasteiger partial charge in [-0.1, -0.05) is 41.9 Å². The van der Waals surface area contributed by atoms with Crippen molar-refractivity contribution in [1.82, 2.24) is 9.69 Å². The minimum absolute atomic E-state index is 0.150. The summed E-state index contributed by atoms with van der Waals surface area (Å²) in [5, 5.41) is 13.3. The Bertz CT molecular complexity index is 1670. The summed E-state index contributed by atoms with van der Waals surface area (Å²) in [6.07, 6.45) is 0.471. The number of aromatic nitrogens is 1. The highest BCUT2D eigenvalue weighted by atomic mass is 35.5. The van der Waals surface area contributed by atoms with E-state index in [2.05, 4.69) is 9.69 Å². The monoisotopic (exact) mass is 548 g/mol. The summed E-state index contributed by atoms with van der Waals surface area (Å²) in [5.41, 5.74) is 3.88. The van der Waals surface area contributed by atoms with Crippen molar-refractivity contribution in [2.45, 2.75) is 13.0 Å². The van der Waals surface area contributed by atoms with E-state index < -0.39 is 17.6 Å². The van der Waals surface area contributed by atoms with Crippen molar-refractivity contribution in [1.29, 1.82) is 0 Å². The minimum Gasteiger partial charge on any atom is -0.478 e. The first-order chi connectivity index (χ1) is 18.3. The molecule has 0 fully saturated rings. The molecule has 38 heavy (non-hydrogen) atoms. The average molecular weight is 549 g/mol. The summed E-state index contributed by atoms with van der Waals surface area (Å²) in [4.78, 5) is 24.6. The van der Waals surface area contributed by atoms with Crippen molar-refractivity contribution in [3.63, 3.8) is 0 Å². The second kappa shape index (κ2) is 10.7. The third-order valence-corrected chi connectivity index (χ3v) is 7.16. The molecule has 5 aromatic rings. The van der Waals surface area contributed by atoms with E-state index >= 15 is 0 Å². The molecule has 4 aromatic carbocycles. The molecule has 0 spiro atoms. The van der Waals surface area contributed by atoms with Crippen LogP contribution in [0.4, 0.5) is 8.78 Å². The molecule has 2 N–H and O–H groups in total. The predicted molar refractivity (Wildman–Crippen MR) is 144 cm³/mol. The molecule has 1 amide bonds. The van der Waals surface area contributed by atoms with Crippen LogP contribution in [0.25, 0.3) is 21.2 Å². The van der Waals surface area contributed by atoms with E-state index in [-0.39, 0.29) is 18.0 Å². The van der Waals surface area contributed by atoms with Crippen LogP contribution in [0.3, 0.4) is 0 Å². The highest BCUT2D eigenvalue weighted by molar-refractivity contribution is 7.13. The van der Waals surface area contributed by atoms with Crippen molar-refractivity contribution >= 4 is 45.1 Å². The Morgan fingerprint density at radius 2 is 1.58 bits per heavy atom. The zero-order chi connectivity index (χ0) is 26.8. The number of nitrogens with one attached hydrogen (secondary N) is 1. The van der Waals surface area contributed by atoms with Crippen LogP contribution in [-0.2, 0) is 13.0 Å². The number of carbonyl (C=O) groups is 2. The molecule has 9 heteroatoms. The van der Waals surface area contributed by atoms with Crippen LogP contribution in [0.1, 0.15) is 37.5 Å². The maximum atomic E-state index is 14.0. The molecule has 5 rings (SSSR count). The first kappa shape index (κ1) is 25.5. The van der Waals surface area contributed by atoms with E-state index in [0.717, 1.165) is 28.0 Å². The largest absolute Gasteiger partial charge is 0.478 e. The summed E-state index contributed by atoms with van der Waals surface area (Å²) in [6.45, 7) is 0.166. The van der Waals surface area contributed by atoms with Gasteiger partial charge in [-0.05, 0) is 82.3 Å². The lowest BCUT2D eigenvalue weighted by atomic mass is 9.97. The normalized spacial score (nSPS) is 11.0. The van der Waals surface area contributed by atoms with Gasteiger partial charge in [0.1, 0.15) is 0 Å². The molecule has 1 aromatic heterocycles. The van der Waals surface area contributed by atoms with Gasteiger partial charge in [0.25, 0.3) is 5.91 Å². The average Bonchev–Trinajstić information content (AvgIpc) is 3.32. The molecule has 0 atom stereocenters. The van der Waals surface area contributed by atoms with Crippen LogP contribution < -0.4 is 5.32 Å². The second-order valence-electron chi connectivity index (χ2n) is 8.64. The first-order valence-corrected chi connectivity index (χ1v) is 12.7. The fourth-order valence-electron chi connectivity index (χ4n) is 4.12. The van der Waals surface area contributed by atoms with Gasteiger partial charge in [0.2, 0.25) is 0 Å². The van der Waals surface area contributed by atoms with Crippen LogP contribution in [0, 0.1) is 11.6 Å². The summed E-state index contributed by atoms with van der Waals surface area (Å²) >= 11 is 7.24. The SMILES string of the molecule is O=C(O)c1ccc(CNC(=O)c2cc(-c3ccc(F)c(F)c3)cc3snc(Cc4ccc(Cl)cc4)c23)cc1. The number of halogens is 3. The van der Waals surface area contributed by atoms with Crippen molar-refractivity contribution in [2.24, 2.45) is 0 Å². The van der Waals surface area contributed by atoms with Crippen molar-refractivity contribution in [3.8, 4) is 11.1 Å². The lowest BCUT2D eigenvalue weighted by Crippen LogP contribution is -2.23. The van der Waals surface area contributed by atoms with Crippen molar-refractivity contribution in [2.75, 3.05) is 0 Å². The van der Waals surface area contributed by atoms with Gasteiger partial charge < -0.3 is 10.4 Å². The van der Waals surface area contributed by atoms with Crippen LogP contribution in [0.2, 0.25) is 5.02 Å². The van der Waals surface area contributed by atoms with Gasteiger partial charge in [0.15, 0.2) is 11.6 Å². The van der Waals surface area contributed by atoms with Crippen LogP contribution in [0.5, 0.6) is 0 Å². The topological polar surface area (TPSA) is 79.3 Å². The number of hydrogen-bond donors (Lipinski definition) is 2. The smallest absolute Gasteiger partial charge is 0.335 e. The van der Waals surface area contributed by atoms with Crippen molar-refractivity contribution < 1.29 is 23.5 Å². The zero-order valence-electron chi connectivity index (χ0n) is 19.7. The molecule has 0 bridgehead atoms. The molecule has 0 radical (unpaired) electrons. The summed E-state index contributed by atoms with van der Waals surface area (Å²) in [7, 11) is 0. The van der Waals surface area contributed by atoms with Gasteiger partial charge in [-0.2, -0.15) is 4.37 Å². The summed E-state index contributed by atoms with van der Waals surface area (Å²) in [5.74, 6) is -3.34. The number of hydrogen-bond acceptors (Lipinski definition) is 4. The van der Waals surface area contributed by atoms with Gasteiger partial charge >= 0.3 is 5.97 Å². The van der Waals surface area contributed by atoms with E-state index in [4.69, 9.17) is 16.7 Å². The molecule has 0 unspecified atom stereocenters. The predicted octanol–water partition coefficient (Wildman–Crippen LogP) is 7.11. The first-order valence-electron chi connectivity index (χ1n) is 11.5. The van der Waals surface area contributed by atoms with Crippen LogP contribution in [0.15, 0.2) is 78.9 Å². The Balaban J connectivity index is 1.53. The number of carbonyl (C=O) groups excluding carboxylic acids is 1. The standard InChI is InChI=1S/C29H19ClF2N2O3S/c30-21-8-3-16(4-9-21)11-25-27-22(28(35)33-15-17-1-5-18(6-2-17)29(36)37)12-20(14-26(27)38-34-25)19-7-10-23(31)24(32)13-19/h1-10,12-14H,11,15H2,(H,33,35)(H,36,37). The molecule has 0 aliphatic heterocycles. The summed E-state index contributed by atoms with van der Waals surface area (Å²) < 4.78 is 32.9. The Morgan fingerprint density at radius 1 is 0.868 bits per heavy atom. The maximum Gasteiger partial charge on any atom is 0.335 e. The number of amides is 1. The summed E-state index contributed by atoms with van der Waals surface area (Å²) in [6, 6.07) is 20.6. The van der Waals surface area contributed by atoms with Gasteiger partial charge in [-0.3, -0.25) is 4.79 Å². The molecule has 1 heterocycles. The fraction of sp³-hybridized carbons (Fsp3) is 0.0690. The van der Waals surface area contributed by atoms with E-state index in [1.807, 2.05) is 18.2 Å². The highest BCUT2D eigenvalue weighted by Crippen LogP contribution is 2.34. The maximum absolute atomic E-state index is 14.0. The molecule has 190 valence electrons. The molecule has 5 nitrogen and oxygen atoms in total. The molecule has 0 aliphatic carbocycles. The molecular weight excluding hydrogens is 530 g/mol. The molecule has 0 saturated carbocycles. The second-order valence-corrected chi connectivity index (χ2v) is 9.88. The molecule has 0 aliphatic rings. The highest BCUT2D eigenvalue weighted by Gasteiger charge is 2.19. The van der Waals surface area contributed by atoms with Gasteiger partial charge in [0.05, 0.1) is 21.5 Å². The van der Waals surface area contributed by atoms with Crippen LogP contribution >= 0.6 is 23.1 Å². The fourth-order valence-corrected chi connectivity index (χ4v) is 5.10. The Kier molecular flexibility index (Phi) is 7.18. The van der Waals surface area contributed by atoms with Crippen molar-refractivity contribution in [3.05, 3.63) is 123 Å². The molecular formula is C29H19ClF2N2O3S. The van der Waals surface area contributed by atoms with E-state index in [9.17, 15) is 18.4 Å². The number of nitrogens with zero attached hydrogens (tertiary/aromatic N) is 1.